The summed E-state index contributed by atoms with van der Waals surface area (Å²) < 4.78 is 0. The molecule has 1 aliphatic rings. The minimum Gasteiger partial charge on any atom is -0.341 e. The van der Waals surface area contributed by atoms with Crippen molar-refractivity contribution in [1.29, 1.82) is 0 Å². The second-order valence-electron chi connectivity index (χ2n) is 5.98. The van der Waals surface area contributed by atoms with Crippen LogP contribution in [-0.4, -0.2) is 36.1 Å². The molecule has 0 aliphatic carbocycles. The zero-order valence-corrected chi connectivity index (χ0v) is 12.7. The number of hydrogen-bond acceptors (Lipinski definition) is 3. The van der Waals surface area contributed by atoms with Crippen LogP contribution in [0.2, 0.25) is 0 Å². The molecular formula is C16H24N4. The number of imidazole rings is 1. The Balaban J connectivity index is 1.99. The van der Waals surface area contributed by atoms with Crippen LogP contribution in [0.3, 0.4) is 0 Å². The maximum absolute atomic E-state index is 4.86. The third-order valence-corrected chi connectivity index (χ3v) is 4.20. The third-order valence-electron chi connectivity index (χ3n) is 4.20. The van der Waals surface area contributed by atoms with Crippen LogP contribution in [0.15, 0.2) is 12.1 Å². The van der Waals surface area contributed by atoms with E-state index in [9.17, 15) is 0 Å². The molecule has 2 N–H and O–H groups in total. The summed E-state index contributed by atoms with van der Waals surface area (Å²) in [6.45, 7) is 10.9. The Bertz CT molecular complexity index is 592. The topological polar surface area (TPSA) is 44.0 Å². The molecule has 3 rings (SSSR count). The first-order valence-electron chi connectivity index (χ1n) is 7.61. The third kappa shape index (κ3) is 2.40. The molecule has 1 aliphatic heterocycles. The molecule has 2 heterocycles. The minimum absolute atomic E-state index is 0.543. The lowest BCUT2D eigenvalue weighted by Gasteiger charge is -2.18. The van der Waals surface area contributed by atoms with Crippen molar-refractivity contribution in [2.75, 3.05) is 31.1 Å². The zero-order valence-electron chi connectivity index (χ0n) is 12.7. The highest BCUT2D eigenvalue weighted by molar-refractivity contribution is 5.82. The number of anilines is 1. The Morgan fingerprint density at radius 2 is 2.05 bits per heavy atom. The van der Waals surface area contributed by atoms with Gasteiger partial charge in [0.1, 0.15) is 0 Å². The molecule has 0 radical (unpaired) electrons. The van der Waals surface area contributed by atoms with Gasteiger partial charge in [0, 0.05) is 19.6 Å². The lowest BCUT2D eigenvalue weighted by molar-refractivity contribution is 0.724. The van der Waals surface area contributed by atoms with Crippen molar-refractivity contribution in [3.63, 3.8) is 0 Å². The molecule has 4 nitrogen and oxygen atoms in total. The molecule has 0 unspecified atom stereocenters. The van der Waals surface area contributed by atoms with Gasteiger partial charge in [-0.3, -0.25) is 0 Å². The molecule has 0 bridgehead atoms. The number of H-pyrrole nitrogens is 1. The molecule has 0 saturated carbocycles. The van der Waals surface area contributed by atoms with Gasteiger partial charge < -0.3 is 15.2 Å². The fourth-order valence-corrected chi connectivity index (χ4v) is 3.05. The smallest absolute Gasteiger partial charge is 0.203 e. The SMILES string of the molecule is Cc1c(C(C)C)ccc2[nH]c(N3CCCNCC3)nc12. The maximum atomic E-state index is 4.86. The molecule has 4 heteroatoms. The Morgan fingerprint density at radius 3 is 2.85 bits per heavy atom. The van der Waals surface area contributed by atoms with Crippen molar-refractivity contribution in [1.82, 2.24) is 15.3 Å². The Morgan fingerprint density at radius 1 is 1.20 bits per heavy atom. The van der Waals surface area contributed by atoms with Crippen LogP contribution in [0.4, 0.5) is 5.95 Å². The normalized spacial score (nSPS) is 16.9. The molecule has 0 spiro atoms. The van der Waals surface area contributed by atoms with E-state index in [1.54, 1.807) is 0 Å². The average molecular weight is 272 g/mol. The van der Waals surface area contributed by atoms with Crippen LogP contribution in [0.25, 0.3) is 11.0 Å². The van der Waals surface area contributed by atoms with Crippen molar-refractivity contribution in [3.8, 4) is 0 Å². The fourth-order valence-electron chi connectivity index (χ4n) is 3.05. The van der Waals surface area contributed by atoms with E-state index >= 15 is 0 Å². The van der Waals surface area contributed by atoms with E-state index in [1.165, 1.54) is 17.5 Å². The number of aromatic amines is 1. The molecule has 2 aromatic rings. The number of nitrogens with one attached hydrogen (secondary N) is 2. The molecule has 1 saturated heterocycles. The second-order valence-corrected chi connectivity index (χ2v) is 5.98. The molecule has 0 atom stereocenters. The summed E-state index contributed by atoms with van der Waals surface area (Å²) in [4.78, 5) is 10.7. The molecular weight excluding hydrogens is 248 g/mol. The maximum Gasteiger partial charge on any atom is 0.203 e. The van der Waals surface area contributed by atoms with Gasteiger partial charge in [-0.15, -0.1) is 0 Å². The van der Waals surface area contributed by atoms with Gasteiger partial charge in [-0.2, -0.15) is 0 Å². The summed E-state index contributed by atoms with van der Waals surface area (Å²) in [5.41, 5.74) is 4.99. The van der Waals surface area contributed by atoms with Gasteiger partial charge in [-0.05, 0) is 43.0 Å². The van der Waals surface area contributed by atoms with Gasteiger partial charge in [0.05, 0.1) is 11.0 Å². The molecule has 0 amide bonds. The second kappa shape index (κ2) is 5.44. The van der Waals surface area contributed by atoms with Crippen molar-refractivity contribution in [2.24, 2.45) is 0 Å². The van der Waals surface area contributed by atoms with Gasteiger partial charge in [0.2, 0.25) is 5.95 Å². The minimum atomic E-state index is 0.543. The van der Waals surface area contributed by atoms with Gasteiger partial charge in [0.15, 0.2) is 0 Å². The van der Waals surface area contributed by atoms with Crippen molar-refractivity contribution in [3.05, 3.63) is 23.3 Å². The van der Waals surface area contributed by atoms with Crippen molar-refractivity contribution < 1.29 is 0 Å². The number of hydrogen-bond donors (Lipinski definition) is 2. The van der Waals surface area contributed by atoms with Crippen LogP contribution in [0.1, 0.15) is 37.3 Å². The van der Waals surface area contributed by atoms with Crippen LogP contribution in [0.5, 0.6) is 0 Å². The Hall–Kier alpha value is -1.55. The van der Waals surface area contributed by atoms with E-state index in [0.717, 1.165) is 43.2 Å². The standard InChI is InChI=1S/C16H24N4/c1-11(2)13-5-6-14-15(12(13)3)19-16(18-14)20-9-4-7-17-8-10-20/h5-6,11,17H,4,7-10H2,1-3H3,(H,18,19). The molecule has 20 heavy (non-hydrogen) atoms. The van der Waals surface area contributed by atoms with E-state index in [-0.39, 0.29) is 0 Å². The Kier molecular flexibility index (Phi) is 3.66. The highest BCUT2D eigenvalue weighted by atomic mass is 15.3. The van der Waals surface area contributed by atoms with Gasteiger partial charge in [-0.25, -0.2) is 4.98 Å². The van der Waals surface area contributed by atoms with Crippen LogP contribution < -0.4 is 10.2 Å². The van der Waals surface area contributed by atoms with E-state index in [4.69, 9.17) is 4.98 Å². The quantitative estimate of drug-likeness (QED) is 0.883. The fraction of sp³-hybridized carbons (Fsp3) is 0.562. The first kappa shape index (κ1) is 13.4. The first-order valence-corrected chi connectivity index (χ1v) is 7.61. The number of aromatic nitrogens is 2. The average Bonchev–Trinajstić information content (AvgIpc) is 2.67. The number of benzene rings is 1. The van der Waals surface area contributed by atoms with Crippen molar-refractivity contribution in [2.45, 2.75) is 33.1 Å². The number of fused-ring (bicyclic) bond motifs is 1. The monoisotopic (exact) mass is 272 g/mol. The number of nitrogens with zero attached hydrogens (tertiary/aromatic N) is 2. The van der Waals surface area contributed by atoms with Crippen LogP contribution in [0, 0.1) is 6.92 Å². The molecule has 1 aromatic heterocycles. The summed E-state index contributed by atoms with van der Waals surface area (Å²) >= 11 is 0. The number of aryl methyl sites for hydroxylation is 1. The summed E-state index contributed by atoms with van der Waals surface area (Å²) in [7, 11) is 0. The summed E-state index contributed by atoms with van der Waals surface area (Å²) in [5.74, 6) is 1.56. The zero-order chi connectivity index (χ0) is 14.1. The molecule has 1 aromatic carbocycles. The van der Waals surface area contributed by atoms with Gasteiger partial charge in [-0.1, -0.05) is 19.9 Å². The van der Waals surface area contributed by atoms with E-state index in [1.807, 2.05) is 0 Å². The van der Waals surface area contributed by atoms with Crippen LogP contribution >= 0.6 is 0 Å². The predicted molar refractivity (Wildman–Crippen MR) is 84.6 cm³/mol. The predicted octanol–water partition coefficient (Wildman–Crippen LogP) is 2.79. The van der Waals surface area contributed by atoms with Crippen LogP contribution in [-0.2, 0) is 0 Å². The summed E-state index contributed by atoms with van der Waals surface area (Å²) in [6.07, 6.45) is 1.17. The highest BCUT2D eigenvalue weighted by Crippen LogP contribution is 2.27. The Labute approximate surface area is 120 Å². The first-order chi connectivity index (χ1) is 9.66. The molecule has 1 fully saturated rings. The highest BCUT2D eigenvalue weighted by Gasteiger charge is 2.15. The van der Waals surface area contributed by atoms with E-state index in [2.05, 4.69) is 48.1 Å². The van der Waals surface area contributed by atoms with Gasteiger partial charge >= 0.3 is 0 Å². The lowest BCUT2D eigenvalue weighted by Crippen LogP contribution is -2.28. The van der Waals surface area contributed by atoms with E-state index < -0.39 is 0 Å². The van der Waals surface area contributed by atoms with Crippen molar-refractivity contribution >= 4 is 17.0 Å². The largest absolute Gasteiger partial charge is 0.341 e. The summed E-state index contributed by atoms with van der Waals surface area (Å²) in [5, 5.41) is 3.43. The van der Waals surface area contributed by atoms with Gasteiger partial charge in [0.25, 0.3) is 0 Å². The summed E-state index contributed by atoms with van der Waals surface area (Å²) in [6, 6.07) is 4.40. The lowest BCUT2D eigenvalue weighted by atomic mass is 9.97. The molecule has 108 valence electrons. The van der Waals surface area contributed by atoms with E-state index in [0.29, 0.717) is 5.92 Å². The number of rotatable bonds is 2.